The van der Waals surface area contributed by atoms with E-state index in [9.17, 15) is 19.2 Å². The van der Waals surface area contributed by atoms with Gasteiger partial charge in [-0.1, -0.05) is 146 Å². The normalized spacial score (nSPS) is 11.1. The van der Waals surface area contributed by atoms with E-state index >= 15 is 0 Å². The number of benzene rings is 8. The number of hydrogen-bond acceptors (Lipinski definition) is 4. The molecule has 0 spiro atoms. The van der Waals surface area contributed by atoms with Crippen LogP contribution in [0.5, 0.6) is 0 Å². The van der Waals surface area contributed by atoms with E-state index < -0.39 is 23.1 Å². The van der Waals surface area contributed by atoms with Gasteiger partial charge in [0.1, 0.15) is 0 Å². The third kappa shape index (κ3) is 5.29. The van der Waals surface area contributed by atoms with Crippen molar-refractivity contribution in [2.75, 3.05) is 0 Å². The van der Waals surface area contributed by atoms with Gasteiger partial charge in [0.05, 0.1) is 0 Å². The van der Waals surface area contributed by atoms with Gasteiger partial charge in [-0.15, -0.1) is 0 Å². The lowest BCUT2D eigenvalue weighted by Gasteiger charge is -2.22. The molecular formula is C46H28O4. The van der Waals surface area contributed by atoms with Crippen molar-refractivity contribution in [3.63, 3.8) is 0 Å². The Morgan fingerprint density at radius 1 is 0.260 bits per heavy atom. The average Bonchev–Trinajstić information content (AvgIpc) is 3.18. The van der Waals surface area contributed by atoms with E-state index in [2.05, 4.69) is 0 Å². The second-order valence-corrected chi connectivity index (χ2v) is 12.2. The minimum atomic E-state index is -0.521. The molecule has 4 heteroatoms. The Bertz CT molecular complexity index is 2440. The van der Waals surface area contributed by atoms with Gasteiger partial charge in [-0.05, 0) is 56.6 Å². The van der Waals surface area contributed by atoms with Crippen molar-refractivity contribution in [3.8, 4) is 0 Å². The molecule has 0 N–H and O–H groups in total. The monoisotopic (exact) mass is 644 g/mol. The van der Waals surface area contributed by atoms with Crippen LogP contribution >= 0.6 is 0 Å². The number of rotatable bonds is 8. The first-order chi connectivity index (χ1) is 24.5. The Hall–Kier alpha value is -6.78. The smallest absolute Gasteiger partial charge is 0.194 e. The molecule has 0 aliphatic heterocycles. The first-order valence-corrected chi connectivity index (χ1v) is 16.3. The quantitative estimate of drug-likeness (QED) is 0.122. The Balaban J connectivity index is 1.61. The third-order valence-corrected chi connectivity index (χ3v) is 9.18. The lowest BCUT2D eigenvalue weighted by Crippen LogP contribution is -2.22. The minimum Gasteiger partial charge on any atom is -0.289 e. The van der Waals surface area contributed by atoms with Crippen LogP contribution in [0.1, 0.15) is 63.7 Å². The topological polar surface area (TPSA) is 68.3 Å². The molecule has 236 valence electrons. The van der Waals surface area contributed by atoms with Gasteiger partial charge in [-0.25, -0.2) is 0 Å². The Kier molecular flexibility index (Phi) is 7.75. The van der Waals surface area contributed by atoms with E-state index in [1.54, 1.807) is 109 Å². The molecule has 4 nitrogen and oxygen atoms in total. The second kappa shape index (κ2) is 12.7. The van der Waals surface area contributed by atoms with Crippen molar-refractivity contribution >= 4 is 55.5 Å². The summed E-state index contributed by atoms with van der Waals surface area (Å²) < 4.78 is 0. The molecule has 0 unspecified atom stereocenters. The highest BCUT2D eigenvalue weighted by Crippen LogP contribution is 2.39. The van der Waals surface area contributed by atoms with E-state index in [4.69, 9.17) is 0 Å². The van der Waals surface area contributed by atoms with Crippen LogP contribution < -0.4 is 0 Å². The summed E-state index contributed by atoms with van der Waals surface area (Å²) in [5, 5.41) is 4.52. The number of ketones is 4. The van der Waals surface area contributed by atoms with Gasteiger partial charge < -0.3 is 0 Å². The summed E-state index contributed by atoms with van der Waals surface area (Å²) in [6.07, 6.45) is 0. The highest BCUT2D eigenvalue weighted by Gasteiger charge is 2.35. The fraction of sp³-hybridized carbons (Fsp3) is 0. The van der Waals surface area contributed by atoms with Crippen LogP contribution in [0.25, 0.3) is 32.3 Å². The van der Waals surface area contributed by atoms with Crippen molar-refractivity contribution in [1.29, 1.82) is 0 Å². The molecular weight excluding hydrogens is 617 g/mol. The fourth-order valence-corrected chi connectivity index (χ4v) is 6.79. The highest BCUT2D eigenvalue weighted by atomic mass is 16.1. The van der Waals surface area contributed by atoms with Gasteiger partial charge in [0.25, 0.3) is 0 Å². The summed E-state index contributed by atoms with van der Waals surface area (Å²) in [7, 11) is 0. The van der Waals surface area contributed by atoms with Crippen LogP contribution in [0.15, 0.2) is 170 Å². The van der Waals surface area contributed by atoms with Crippen LogP contribution in [0.3, 0.4) is 0 Å². The predicted molar refractivity (Wildman–Crippen MR) is 198 cm³/mol. The summed E-state index contributed by atoms with van der Waals surface area (Å²) in [6, 6.07) is 50.5. The fourth-order valence-electron chi connectivity index (χ4n) is 6.79. The summed E-state index contributed by atoms with van der Waals surface area (Å²) in [5.74, 6) is -1.88. The first kappa shape index (κ1) is 30.5. The first-order valence-electron chi connectivity index (χ1n) is 16.3. The molecule has 0 amide bonds. The van der Waals surface area contributed by atoms with Crippen molar-refractivity contribution in [3.05, 3.63) is 214 Å². The molecule has 8 rings (SSSR count). The molecule has 0 aromatic heterocycles. The van der Waals surface area contributed by atoms with Crippen LogP contribution in [0, 0.1) is 0 Å². The minimum absolute atomic E-state index is 0.0824. The summed E-state index contributed by atoms with van der Waals surface area (Å²) >= 11 is 0. The molecule has 0 aliphatic rings. The maximum Gasteiger partial charge on any atom is 0.194 e. The number of carbonyl (C=O) groups is 4. The van der Waals surface area contributed by atoms with Gasteiger partial charge in [-0.3, -0.25) is 19.2 Å². The van der Waals surface area contributed by atoms with Crippen molar-refractivity contribution in [2.24, 2.45) is 0 Å². The van der Waals surface area contributed by atoms with Gasteiger partial charge in [-0.2, -0.15) is 0 Å². The van der Waals surface area contributed by atoms with Gasteiger partial charge >= 0.3 is 0 Å². The number of carbonyl (C=O) groups excluding carboxylic acids is 4. The zero-order valence-corrected chi connectivity index (χ0v) is 26.8. The molecule has 0 atom stereocenters. The molecule has 0 heterocycles. The summed E-state index contributed by atoms with van der Waals surface area (Å²) in [5.41, 5.74) is 1.28. The van der Waals surface area contributed by atoms with E-state index in [0.29, 0.717) is 33.0 Å². The molecule has 0 fully saturated rings. The molecule has 0 radical (unpaired) electrons. The largest absolute Gasteiger partial charge is 0.289 e. The van der Waals surface area contributed by atoms with E-state index in [1.807, 2.05) is 60.7 Å². The predicted octanol–water partition coefficient (Wildman–Crippen LogP) is 10.1. The van der Waals surface area contributed by atoms with Crippen molar-refractivity contribution < 1.29 is 19.2 Å². The van der Waals surface area contributed by atoms with E-state index in [-0.39, 0.29) is 22.3 Å². The van der Waals surface area contributed by atoms with Crippen LogP contribution in [-0.4, -0.2) is 23.1 Å². The second-order valence-electron chi connectivity index (χ2n) is 12.2. The lowest BCUT2D eigenvalue weighted by molar-refractivity contribution is 0.0983. The molecule has 8 aromatic carbocycles. The maximum atomic E-state index is 14.9. The average molecular weight is 645 g/mol. The number of fused-ring (bicyclic) bond motifs is 3. The molecule has 0 aliphatic carbocycles. The van der Waals surface area contributed by atoms with Crippen LogP contribution in [0.4, 0.5) is 0 Å². The molecule has 50 heavy (non-hydrogen) atoms. The summed E-state index contributed by atoms with van der Waals surface area (Å²) in [6.45, 7) is 0. The lowest BCUT2D eigenvalue weighted by atomic mass is 9.78. The highest BCUT2D eigenvalue weighted by molar-refractivity contribution is 6.35. The SMILES string of the molecule is O=C(c1ccccc1)c1c(C(=O)c2ccccc2)c(C(=O)c2ccccc2)c2cc3cc4ccccc4cc3cc2c1C(=O)c1ccccc1. The third-order valence-electron chi connectivity index (χ3n) is 9.18. The van der Waals surface area contributed by atoms with Crippen molar-refractivity contribution in [2.45, 2.75) is 0 Å². The van der Waals surface area contributed by atoms with E-state index in [0.717, 1.165) is 21.5 Å². The van der Waals surface area contributed by atoms with Crippen LogP contribution in [0.2, 0.25) is 0 Å². The van der Waals surface area contributed by atoms with Gasteiger partial charge in [0.15, 0.2) is 23.1 Å². The van der Waals surface area contributed by atoms with Crippen LogP contribution in [-0.2, 0) is 0 Å². The van der Waals surface area contributed by atoms with Gasteiger partial charge in [0.2, 0.25) is 0 Å². The standard InChI is InChI=1S/C46H28O4/c47-43(29-15-5-1-6-16-29)39-37-27-35-25-33-23-13-14-24-34(33)26-36(35)28-38(37)40(44(48)30-17-7-2-8-18-30)42(46(50)32-21-11-4-12-22-32)41(39)45(49)31-19-9-3-10-20-31/h1-28H. The van der Waals surface area contributed by atoms with Crippen molar-refractivity contribution in [1.82, 2.24) is 0 Å². The number of hydrogen-bond donors (Lipinski definition) is 0. The molecule has 0 saturated carbocycles. The Morgan fingerprint density at radius 2 is 0.520 bits per heavy atom. The zero-order valence-electron chi connectivity index (χ0n) is 26.8. The van der Waals surface area contributed by atoms with E-state index in [1.165, 1.54) is 0 Å². The molecule has 8 aromatic rings. The molecule has 0 saturated heterocycles. The summed E-state index contributed by atoms with van der Waals surface area (Å²) in [4.78, 5) is 59.6. The molecule has 0 bridgehead atoms. The zero-order chi connectivity index (χ0) is 34.2. The maximum absolute atomic E-state index is 14.9. The van der Waals surface area contributed by atoms with Gasteiger partial charge in [0, 0.05) is 44.5 Å². The Morgan fingerprint density at radius 3 is 0.820 bits per heavy atom. The Labute approximate surface area is 288 Å².